The Morgan fingerprint density at radius 1 is 1.53 bits per heavy atom. The molecule has 17 heavy (non-hydrogen) atoms. The second-order valence-corrected chi connectivity index (χ2v) is 5.72. The van der Waals surface area contributed by atoms with E-state index in [2.05, 4.69) is 42.7 Å². The number of hydrogen-bond donors (Lipinski definition) is 1. The fourth-order valence-corrected chi connectivity index (χ4v) is 3.18. The number of nitrogens with one attached hydrogen (secondary N) is 1. The van der Waals surface area contributed by atoms with Crippen molar-refractivity contribution in [3.05, 3.63) is 44.6 Å². The van der Waals surface area contributed by atoms with E-state index in [1.807, 2.05) is 26.2 Å². The molecule has 2 rings (SSSR count). The average molecular weight is 312 g/mol. The predicted octanol–water partition coefficient (Wildman–Crippen LogP) is 3.11. The second-order valence-electron chi connectivity index (χ2n) is 3.81. The highest BCUT2D eigenvalue weighted by molar-refractivity contribution is 9.10. The first-order valence-electron chi connectivity index (χ1n) is 5.39. The van der Waals surface area contributed by atoms with Crippen LogP contribution in [0.25, 0.3) is 0 Å². The summed E-state index contributed by atoms with van der Waals surface area (Å²) in [7, 11) is 1.96. The molecule has 90 valence electrons. The summed E-state index contributed by atoms with van der Waals surface area (Å²) >= 11 is 5.24. The minimum absolute atomic E-state index is 0.238. The van der Waals surface area contributed by atoms with Crippen LogP contribution in [0.1, 0.15) is 22.4 Å². The van der Waals surface area contributed by atoms with Gasteiger partial charge in [-0.15, -0.1) is 11.3 Å². The molecule has 0 saturated carbocycles. The van der Waals surface area contributed by atoms with Gasteiger partial charge in [0.1, 0.15) is 5.82 Å². The van der Waals surface area contributed by atoms with Gasteiger partial charge in [-0.1, -0.05) is 0 Å². The predicted molar refractivity (Wildman–Crippen MR) is 74.3 cm³/mol. The van der Waals surface area contributed by atoms with Crippen LogP contribution in [0.4, 0.5) is 0 Å². The molecule has 3 nitrogen and oxygen atoms in total. The molecule has 1 unspecified atom stereocenters. The van der Waals surface area contributed by atoms with Gasteiger partial charge in [-0.3, -0.25) is 0 Å². The molecule has 5 heteroatoms. The number of thiophene rings is 1. The minimum atomic E-state index is 0.238. The van der Waals surface area contributed by atoms with Crippen LogP contribution in [0.3, 0.4) is 0 Å². The van der Waals surface area contributed by atoms with Gasteiger partial charge >= 0.3 is 0 Å². The molecule has 2 aromatic rings. The number of nitrogens with zero attached hydrogens (tertiary/aromatic N) is 2. The van der Waals surface area contributed by atoms with Crippen molar-refractivity contribution in [1.82, 2.24) is 15.3 Å². The first-order chi connectivity index (χ1) is 8.19. The van der Waals surface area contributed by atoms with Gasteiger partial charge in [-0.2, -0.15) is 0 Å². The van der Waals surface area contributed by atoms with Crippen LogP contribution in [0.5, 0.6) is 0 Å². The summed E-state index contributed by atoms with van der Waals surface area (Å²) in [5.74, 6) is 0.815. The quantitative estimate of drug-likeness (QED) is 0.942. The normalized spacial score (nSPS) is 12.6. The smallest absolute Gasteiger partial charge is 0.125 e. The minimum Gasteiger partial charge on any atom is -0.311 e. The van der Waals surface area contributed by atoms with Crippen LogP contribution < -0.4 is 5.32 Å². The van der Waals surface area contributed by atoms with Crippen molar-refractivity contribution in [2.24, 2.45) is 0 Å². The van der Waals surface area contributed by atoms with Crippen molar-refractivity contribution < 1.29 is 0 Å². The largest absolute Gasteiger partial charge is 0.311 e. The second kappa shape index (κ2) is 5.71. The Balaban J connectivity index is 2.16. The van der Waals surface area contributed by atoms with E-state index in [1.54, 1.807) is 11.3 Å². The number of aromatic nitrogens is 2. The standard InChI is InChI=1S/C12H14BrN3S/c1-8-15-4-3-11(16-8)12(14-2)6-10-5-9(13)7-17-10/h3-5,7,12,14H,6H2,1-2H3. The molecule has 0 aromatic carbocycles. The van der Waals surface area contributed by atoms with E-state index in [1.165, 1.54) is 4.88 Å². The van der Waals surface area contributed by atoms with Crippen LogP contribution in [0, 0.1) is 6.92 Å². The Kier molecular flexibility index (Phi) is 4.25. The van der Waals surface area contributed by atoms with E-state index in [0.717, 1.165) is 22.4 Å². The molecule has 0 radical (unpaired) electrons. The molecular formula is C12H14BrN3S. The van der Waals surface area contributed by atoms with E-state index in [0.29, 0.717) is 0 Å². The van der Waals surface area contributed by atoms with Gasteiger partial charge in [0, 0.05) is 27.3 Å². The summed E-state index contributed by atoms with van der Waals surface area (Å²) in [6.45, 7) is 1.91. The van der Waals surface area contributed by atoms with E-state index in [-0.39, 0.29) is 6.04 Å². The highest BCUT2D eigenvalue weighted by atomic mass is 79.9. The van der Waals surface area contributed by atoms with Gasteiger partial charge in [0.15, 0.2) is 0 Å². The molecule has 0 fully saturated rings. The van der Waals surface area contributed by atoms with E-state index < -0.39 is 0 Å². The molecule has 0 aliphatic carbocycles. The average Bonchev–Trinajstić information content (AvgIpc) is 2.72. The van der Waals surface area contributed by atoms with E-state index >= 15 is 0 Å². The van der Waals surface area contributed by atoms with Crippen molar-refractivity contribution in [3.8, 4) is 0 Å². The maximum absolute atomic E-state index is 4.47. The van der Waals surface area contributed by atoms with E-state index in [9.17, 15) is 0 Å². The molecule has 0 aliphatic heterocycles. The Bertz CT molecular complexity index is 498. The van der Waals surface area contributed by atoms with E-state index in [4.69, 9.17) is 0 Å². The zero-order valence-corrected chi connectivity index (χ0v) is 12.2. The van der Waals surface area contributed by atoms with Crippen LogP contribution in [-0.4, -0.2) is 17.0 Å². The lowest BCUT2D eigenvalue weighted by Gasteiger charge is -2.14. The summed E-state index contributed by atoms with van der Waals surface area (Å²) in [5, 5.41) is 5.41. The van der Waals surface area contributed by atoms with Gasteiger partial charge in [0.2, 0.25) is 0 Å². The summed E-state index contributed by atoms with van der Waals surface area (Å²) in [6, 6.07) is 4.36. The van der Waals surface area contributed by atoms with Crippen molar-refractivity contribution in [2.75, 3.05) is 7.05 Å². The van der Waals surface area contributed by atoms with Gasteiger partial charge in [-0.25, -0.2) is 9.97 Å². The lowest BCUT2D eigenvalue weighted by molar-refractivity contribution is 0.576. The zero-order chi connectivity index (χ0) is 12.3. The van der Waals surface area contributed by atoms with Gasteiger partial charge in [0.25, 0.3) is 0 Å². The van der Waals surface area contributed by atoms with Crippen LogP contribution in [-0.2, 0) is 6.42 Å². The molecule has 0 aliphatic rings. The molecule has 1 atom stereocenters. The summed E-state index contributed by atoms with van der Waals surface area (Å²) in [6.07, 6.45) is 2.76. The molecule has 0 saturated heterocycles. The number of rotatable bonds is 4. The topological polar surface area (TPSA) is 37.8 Å². The third kappa shape index (κ3) is 3.34. The third-order valence-electron chi connectivity index (χ3n) is 2.53. The first-order valence-corrected chi connectivity index (χ1v) is 7.06. The number of aryl methyl sites for hydroxylation is 1. The number of halogens is 1. The van der Waals surface area contributed by atoms with Gasteiger partial charge < -0.3 is 5.32 Å². The Labute approximate surface area is 113 Å². The monoisotopic (exact) mass is 311 g/mol. The number of hydrogen-bond acceptors (Lipinski definition) is 4. The lowest BCUT2D eigenvalue weighted by Crippen LogP contribution is -2.20. The molecule has 0 bridgehead atoms. The highest BCUT2D eigenvalue weighted by Gasteiger charge is 2.13. The Morgan fingerprint density at radius 2 is 2.35 bits per heavy atom. The fraction of sp³-hybridized carbons (Fsp3) is 0.333. The third-order valence-corrected chi connectivity index (χ3v) is 4.25. The fourth-order valence-electron chi connectivity index (χ4n) is 1.69. The molecule has 2 aromatic heterocycles. The zero-order valence-electron chi connectivity index (χ0n) is 9.77. The molecule has 0 spiro atoms. The first kappa shape index (κ1) is 12.7. The maximum atomic E-state index is 4.47. The Hall–Kier alpha value is -0.780. The maximum Gasteiger partial charge on any atom is 0.125 e. The molecule has 1 N–H and O–H groups in total. The molecular weight excluding hydrogens is 298 g/mol. The van der Waals surface area contributed by atoms with Crippen molar-refractivity contribution >= 4 is 27.3 Å². The van der Waals surface area contributed by atoms with Gasteiger partial charge in [-0.05, 0) is 42.0 Å². The van der Waals surface area contributed by atoms with Crippen molar-refractivity contribution in [1.29, 1.82) is 0 Å². The summed E-state index contributed by atoms with van der Waals surface area (Å²) in [5.41, 5.74) is 1.05. The van der Waals surface area contributed by atoms with Gasteiger partial charge in [0.05, 0.1) is 11.7 Å². The van der Waals surface area contributed by atoms with Crippen LogP contribution in [0.2, 0.25) is 0 Å². The lowest BCUT2D eigenvalue weighted by atomic mass is 10.1. The SMILES string of the molecule is CNC(Cc1cc(Br)cs1)c1ccnc(C)n1. The number of likely N-dealkylation sites (N-methyl/N-ethyl adjacent to an activating group) is 1. The van der Waals surface area contributed by atoms with Crippen molar-refractivity contribution in [3.63, 3.8) is 0 Å². The molecule has 2 heterocycles. The van der Waals surface area contributed by atoms with Crippen LogP contribution in [0.15, 0.2) is 28.2 Å². The van der Waals surface area contributed by atoms with Crippen molar-refractivity contribution in [2.45, 2.75) is 19.4 Å². The summed E-state index contributed by atoms with van der Waals surface area (Å²) < 4.78 is 1.14. The van der Waals surface area contributed by atoms with Crippen LogP contribution >= 0.6 is 27.3 Å². The Morgan fingerprint density at radius 3 is 2.94 bits per heavy atom. The molecule has 0 amide bonds. The summed E-state index contributed by atoms with van der Waals surface area (Å²) in [4.78, 5) is 9.93. The highest BCUT2D eigenvalue weighted by Crippen LogP contribution is 2.24.